The van der Waals surface area contributed by atoms with Crippen molar-refractivity contribution in [3.63, 3.8) is 0 Å². The van der Waals surface area contributed by atoms with E-state index < -0.39 is 11.8 Å². The van der Waals surface area contributed by atoms with Crippen LogP contribution < -0.4 is 5.69 Å². The number of hydrogen-bond acceptors (Lipinski definition) is 6. The van der Waals surface area contributed by atoms with E-state index in [2.05, 4.69) is 53.7 Å². The van der Waals surface area contributed by atoms with Crippen molar-refractivity contribution >= 4 is 55.3 Å². The standard InChI is InChI=1S/C33H41Br2N5O4/c1-37-14-8-24(9-15-37)25-10-16-38(17-11-25)33(13-19-41)21-26(40-30-5-3-2-4-29(30)36-31(40)42)12-18-39(33)32(43)44-22-23-6-7-27(34)28(35)20-23/h2-7,19-20,24-26H,8-18,21-22H2,1H3,(H,36,42)/t26-,33+/m1/s1. The highest BCUT2D eigenvalue weighted by molar-refractivity contribution is 9.13. The first-order valence-corrected chi connectivity index (χ1v) is 17.3. The number of ether oxygens (including phenoxy) is 1. The summed E-state index contributed by atoms with van der Waals surface area (Å²) < 4.78 is 9.58. The smallest absolute Gasteiger partial charge is 0.411 e. The topological polar surface area (TPSA) is 90.9 Å². The molecule has 0 unspecified atom stereocenters. The van der Waals surface area contributed by atoms with Gasteiger partial charge in [0.2, 0.25) is 0 Å². The van der Waals surface area contributed by atoms with Crippen molar-refractivity contribution in [1.82, 2.24) is 24.3 Å². The van der Waals surface area contributed by atoms with Gasteiger partial charge in [-0.3, -0.25) is 14.4 Å². The number of piperidine rings is 3. The summed E-state index contributed by atoms with van der Waals surface area (Å²) in [5.41, 5.74) is 1.47. The molecule has 0 radical (unpaired) electrons. The number of hydrogen-bond donors (Lipinski definition) is 1. The zero-order chi connectivity index (χ0) is 30.8. The van der Waals surface area contributed by atoms with E-state index in [4.69, 9.17) is 4.74 Å². The third-order valence-corrected chi connectivity index (χ3v) is 12.2. The minimum atomic E-state index is -0.877. The second-order valence-electron chi connectivity index (χ2n) is 12.7. The summed E-state index contributed by atoms with van der Waals surface area (Å²) in [6.07, 6.45) is 6.30. The molecular formula is C33H41Br2N5O4. The molecule has 1 aromatic heterocycles. The summed E-state index contributed by atoms with van der Waals surface area (Å²) in [6, 6.07) is 13.3. The van der Waals surface area contributed by atoms with Gasteiger partial charge in [0.25, 0.3) is 0 Å². The van der Waals surface area contributed by atoms with Gasteiger partial charge >= 0.3 is 11.8 Å². The van der Waals surface area contributed by atoms with Gasteiger partial charge in [-0.1, -0.05) is 18.2 Å². The number of benzene rings is 2. The number of aromatic nitrogens is 2. The largest absolute Gasteiger partial charge is 0.445 e. The quantitative estimate of drug-likeness (QED) is 0.293. The summed E-state index contributed by atoms with van der Waals surface area (Å²) in [7, 11) is 2.20. The lowest BCUT2D eigenvalue weighted by molar-refractivity contribution is -0.127. The van der Waals surface area contributed by atoms with Crippen LogP contribution in [0.5, 0.6) is 0 Å². The minimum Gasteiger partial charge on any atom is -0.445 e. The number of aromatic amines is 1. The molecule has 2 atom stereocenters. The summed E-state index contributed by atoms with van der Waals surface area (Å²) in [4.78, 5) is 49.2. The van der Waals surface area contributed by atoms with E-state index in [1.165, 1.54) is 12.8 Å². The number of halogens is 2. The average molecular weight is 732 g/mol. The van der Waals surface area contributed by atoms with Gasteiger partial charge in [-0.15, -0.1) is 0 Å². The first kappa shape index (κ1) is 31.5. The minimum absolute atomic E-state index is 0.127. The molecule has 44 heavy (non-hydrogen) atoms. The van der Waals surface area contributed by atoms with Crippen LogP contribution in [-0.4, -0.2) is 82.1 Å². The lowest BCUT2D eigenvalue weighted by Gasteiger charge is -2.56. The van der Waals surface area contributed by atoms with E-state index in [9.17, 15) is 14.4 Å². The van der Waals surface area contributed by atoms with Gasteiger partial charge < -0.3 is 19.4 Å². The molecule has 0 aliphatic carbocycles. The lowest BCUT2D eigenvalue weighted by atomic mass is 9.77. The fourth-order valence-electron chi connectivity index (χ4n) is 7.89. The molecule has 3 aromatic rings. The SMILES string of the molecule is CN1CCC(C2CCN([C@]3(CC=O)C[C@H](n4c(=O)[nH]c5ccccc54)CCN3C(=O)OCc3ccc(Br)c(Br)c3)CC2)CC1. The van der Waals surface area contributed by atoms with Crippen molar-refractivity contribution in [3.8, 4) is 0 Å². The van der Waals surface area contributed by atoms with Crippen LogP contribution in [0.4, 0.5) is 4.79 Å². The Morgan fingerprint density at radius 2 is 1.68 bits per heavy atom. The van der Waals surface area contributed by atoms with Gasteiger partial charge in [-0.25, -0.2) is 9.59 Å². The molecule has 3 saturated heterocycles. The van der Waals surface area contributed by atoms with E-state index in [0.717, 1.165) is 76.8 Å². The van der Waals surface area contributed by atoms with Gasteiger partial charge in [-0.2, -0.15) is 0 Å². The number of aldehydes is 1. The van der Waals surface area contributed by atoms with E-state index in [0.29, 0.717) is 25.3 Å². The van der Waals surface area contributed by atoms with Crippen LogP contribution in [0.25, 0.3) is 11.0 Å². The summed E-state index contributed by atoms with van der Waals surface area (Å²) in [5, 5.41) is 0. The number of rotatable bonds is 7. The molecule has 2 aromatic carbocycles. The third kappa shape index (κ3) is 6.30. The Hall–Kier alpha value is -2.47. The maximum Gasteiger partial charge on any atom is 0.411 e. The molecule has 1 amide bonds. The van der Waals surface area contributed by atoms with Crippen LogP contribution in [0.2, 0.25) is 0 Å². The molecule has 0 saturated carbocycles. The van der Waals surface area contributed by atoms with Crippen LogP contribution in [0, 0.1) is 11.8 Å². The number of likely N-dealkylation sites (tertiary alicyclic amines) is 3. The Labute approximate surface area is 275 Å². The van der Waals surface area contributed by atoms with Crippen molar-refractivity contribution in [1.29, 1.82) is 0 Å². The van der Waals surface area contributed by atoms with Crippen molar-refractivity contribution in [3.05, 3.63) is 67.5 Å². The molecular weight excluding hydrogens is 690 g/mol. The van der Waals surface area contributed by atoms with Crippen LogP contribution in [0.1, 0.15) is 56.6 Å². The molecule has 3 fully saturated rings. The van der Waals surface area contributed by atoms with Crippen LogP contribution in [-0.2, 0) is 16.1 Å². The number of para-hydroxylation sites is 2. The van der Waals surface area contributed by atoms with Gasteiger partial charge in [-0.05, 0) is 126 Å². The number of nitrogens with zero attached hydrogens (tertiary/aromatic N) is 4. The molecule has 1 N–H and O–H groups in total. The van der Waals surface area contributed by atoms with Crippen molar-refractivity contribution in [2.24, 2.45) is 11.8 Å². The second-order valence-corrected chi connectivity index (χ2v) is 14.4. The van der Waals surface area contributed by atoms with Gasteiger partial charge in [0.1, 0.15) is 18.6 Å². The Kier molecular flexibility index (Phi) is 9.66. The molecule has 6 rings (SSSR count). The first-order valence-electron chi connectivity index (χ1n) is 15.7. The molecule has 0 spiro atoms. The van der Waals surface area contributed by atoms with Crippen LogP contribution in [0.15, 0.2) is 56.2 Å². The highest BCUT2D eigenvalue weighted by atomic mass is 79.9. The zero-order valence-corrected chi connectivity index (χ0v) is 28.4. The predicted molar refractivity (Wildman–Crippen MR) is 177 cm³/mol. The number of carbonyl (C=O) groups is 2. The predicted octanol–water partition coefficient (Wildman–Crippen LogP) is 6.17. The summed E-state index contributed by atoms with van der Waals surface area (Å²) in [5.74, 6) is 1.38. The first-order chi connectivity index (χ1) is 21.3. The van der Waals surface area contributed by atoms with Gasteiger partial charge in [0.15, 0.2) is 0 Å². The Morgan fingerprint density at radius 1 is 0.977 bits per heavy atom. The van der Waals surface area contributed by atoms with E-state index in [-0.39, 0.29) is 24.8 Å². The zero-order valence-electron chi connectivity index (χ0n) is 25.2. The summed E-state index contributed by atoms with van der Waals surface area (Å²) >= 11 is 7.02. The maximum atomic E-state index is 13.9. The third-order valence-electron chi connectivity index (χ3n) is 10.3. The second kappa shape index (κ2) is 13.5. The summed E-state index contributed by atoms with van der Waals surface area (Å²) in [6.45, 7) is 4.43. The molecule has 236 valence electrons. The monoisotopic (exact) mass is 729 g/mol. The van der Waals surface area contributed by atoms with Crippen molar-refractivity contribution in [2.75, 3.05) is 39.8 Å². The highest BCUT2D eigenvalue weighted by Gasteiger charge is 2.51. The lowest BCUT2D eigenvalue weighted by Crippen LogP contribution is -2.67. The van der Waals surface area contributed by atoms with Gasteiger partial charge in [0.05, 0.1) is 11.0 Å². The Morgan fingerprint density at radius 3 is 2.39 bits per heavy atom. The fourth-order valence-corrected chi connectivity index (χ4v) is 8.56. The Balaban J connectivity index is 1.28. The van der Waals surface area contributed by atoms with E-state index in [1.807, 2.05) is 47.0 Å². The molecule has 9 nitrogen and oxygen atoms in total. The number of imidazole rings is 1. The molecule has 11 heteroatoms. The molecule has 0 bridgehead atoms. The van der Waals surface area contributed by atoms with E-state index >= 15 is 0 Å². The molecule has 3 aliphatic heterocycles. The van der Waals surface area contributed by atoms with Crippen LogP contribution >= 0.6 is 31.9 Å². The maximum absolute atomic E-state index is 13.9. The number of carbonyl (C=O) groups excluding carboxylic acids is 2. The average Bonchev–Trinajstić information content (AvgIpc) is 3.37. The molecule has 3 aliphatic rings. The van der Waals surface area contributed by atoms with Crippen molar-refractivity contribution < 1.29 is 14.3 Å². The van der Waals surface area contributed by atoms with E-state index in [1.54, 1.807) is 4.90 Å². The molecule has 4 heterocycles. The number of fused-ring (bicyclic) bond motifs is 1. The number of nitrogens with one attached hydrogen (secondary N) is 1. The van der Waals surface area contributed by atoms with Crippen molar-refractivity contribution in [2.45, 2.75) is 63.3 Å². The Bertz CT molecular complexity index is 1540. The van der Waals surface area contributed by atoms with Crippen LogP contribution in [0.3, 0.4) is 0 Å². The van der Waals surface area contributed by atoms with Gasteiger partial charge in [0, 0.05) is 47.5 Å². The number of amides is 1. The fraction of sp³-hybridized carbons (Fsp3) is 0.545. The number of H-pyrrole nitrogens is 1. The highest BCUT2D eigenvalue weighted by Crippen LogP contribution is 2.43. The normalized spacial score (nSPS) is 24.5.